The molecule has 0 spiro atoms. The van der Waals surface area contributed by atoms with Crippen LogP contribution in [0.3, 0.4) is 0 Å². The minimum Gasteiger partial charge on any atom is -0.378 e. The SMILES string of the molecule is [N-]=[N+]=NCc1cnc(N2CCOCC2)nc1. The second-order valence-electron chi connectivity index (χ2n) is 3.38. The molecule has 1 saturated heterocycles. The van der Waals surface area contributed by atoms with Crippen molar-refractivity contribution in [3.63, 3.8) is 0 Å². The van der Waals surface area contributed by atoms with Crippen molar-refractivity contribution in [1.82, 2.24) is 9.97 Å². The molecule has 0 bridgehead atoms. The van der Waals surface area contributed by atoms with Crippen molar-refractivity contribution in [3.05, 3.63) is 28.4 Å². The van der Waals surface area contributed by atoms with Gasteiger partial charge in [0, 0.05) is 30.4 Å². The van der Waals surface area contributed by atoms with Gasteiger partial charge in [-0.1, -0.05) is 5.11 Å². The third-order valence-corrected chi connectivity index (χ3v) is 2.30. The van der Waals surface area contributed by atoms with Crippen molar-refractivity contribution < 1.29 is 4.74 Å². The van der Waals surface area contributed by atoms with Crippen LogP contribution < -0.4 is 4.90 Å². The Balaban J connectivity index is 2.03. The number of nitrogens with zero attached hydrogens (tertiary/aromatic N) is 6. The molecule has 0 N–H and O–H groups in total. The first-order chi connectivity index (χ1) is 7.90. The number of aromatic nitrogens is 2. The van der Waals surface area contributed by atoms with Crippen LogP contribution in [0.1, 0.15) is 5.56 Å². The second kappa shape index (κ2) is 5.29. The van der Waals surface area contributed by atoms with Gasteiger partial charge in [0.2, 0.25) is 5.95 Å². The second-order valence-corrected chi connectivity index (χ2v) is 3.38. The lowest BCUT2D eigenvalue weighted by atomic mass is 10.3. The molecule has 7 nitrogen and oxygen atoms in total. The maximum absolute atomic E-state index is 8.18. The molecule has 16 heavy (non-hydrogen) atoms. The largest absolute Gasteiger partial charge is 0.378 e. The number of rotatable bonds is 3. The molecule has 7 heteroatoms. The Bertz CT molecular complexity index is 379. The van der Waals surface area contributed by atoms with Gasteiger partial charge in [-0.2, -0.15) is 0 Å². The zero-order valence-corrected chi connectivity index (χ0v) is 8.78. The summed E-state index contributed by atoms with van der Waals surface area (Å²) in [6.45, 7) is 3.35. The molecule has 0 amide bonds. The van der Waals surface area contributed by atoms with E-state index in [2.05, 4.69) is 24.9 Å². The first-order valence-corrected chi connectivity index (χ1v) is 5.04. The van der Waals surface area contributed by atoms with Crippen LogP contribution in [0.5, 0.6) is 0 Å². The van der Waals surface area contributed by atoms with Crippen molar-refractivity contribution in [2.75, 3.05) is 31.2 Å². The summed E-state index contributed by atoms with van der Waals surface area (Å²) in [6.07, 6.45) is 3.37. The lowest BCUT2D eigenvalue weighted by molar-refractivity contribution is 0.122. The van der Waals surface area contributed by atoms with E-state index in [0.717, 1.165) is 18.7 Å². The first kappa shape index (κ1) is 10.7. The van der Waals surface area contributed by atoms with Crippen LogP contribution >= 0.6 is 0 Å². The van der Waals surface area contributed by atoms with Crippen LogP contribution in [0.2, 0.25) is 0 Å². The highest BCUT2D eigenvalue weighted by Crippen LogP contribution is 2.09. The van der Waals surface area contributed by atoms with Gasteiger partial charge in [0.25, 0.3) is 0 Å². The van der Waals surface area contributed by atoms with Crippen molar-refractivity contribution in [2.45, 2.75) is 6.54 Å². The summed E-state index contributed by atoms with van der Waals surface area (Å²) in [7, 11) is 0. The van der Waals surface area contributed by atoms with Gasteiger partial charge >= 0.3 is 0 Å². The molecule has 0 unspecified atom stereocenters. The van der Waals surface area contributed by atoms with Gasteiger partial charge in [-0.15, -0.1) is 0 Å². The highest BCUT2D eigenvalue weighted by Gasteiger charge is 2.12. The number of anilines is 1. The summed E-state index contributed by atoms with van der Waals surface area (Å²) in [5.74, 6) is 0.702. The Morgan fingerprint density at radius 1 is 1.38 bits per heavy atom. The zero-order valence-electron chi connectivity index (χ0n) is 8.78. The summed E-state index contributed by atoms with van der Waals surface area (Å²) in [5, 5.41) is 3.45. The standard InChI is InChI=1S/C9H12N6O/c10-14-13-7-8-5-11-9(12-6-8)15-1-3-16-4-2-15/h5-6H,1-4,7H2. The van der Waals surface area contributed by atoms with E-state index < -0.39 is 0 Å². The maximum atomic E-state index is 8.18. The van der Waals surface area contributed by atoms with Crippen molar-refractivity contribution in [2.24, 2.45) is 5.11 Å². The topological polar surface area (TPSA) is 87.0 Å². The Labute approximate surface area is 92.7 Å². The monoisotopic (exact) mass is 220 g/mol. The highest BCUT2D eigenvalue weighted by atomic mass is 16.5. The zero-order chi connectivity index (χ0) is 11.2. The van der Waals surface area contributed by atoms with E-state index in [1.807, 2.05) is 0 Å². The molecule has 0 atom stereocenters. The number of hydrogen-bond acceptors (Lipinski definition) is 5. The fourth-order valence-corrected chi connectivity index (χ4v) is 1.47. The highest BCUT2D eigenvalue weighted by molar-refractivity contribution is 5.30. The molecule has 1 fully saturated rings. The third-order valence-electron chi connectivity index (χ3n) is 2.30. The summed E-state index contributed by atoms with van der Waals surface area (Å²) >= 11 is 0. The summed E-state index contributed by atoms with van der Waals surface area (Å²) in [6, 6.07) is 0. The van der Waals surface area contributed by atoms with E-state index in [1.54, 1.807) is 12.4 Å². The molecule has 2 heterocycles. The third kappa shape index (κ3) is 2.59. The molecule has 1 aromatic heterocycles. The maximum Gasteiger partial charge on any atom is 0.225 e. The molecule has 0 aromatic carbocycles. The number of morpholine rings is 1. The smallest absolute Gasteiger partial charge is 0.225 e. The molecule has 1 aromatic rings. The van der Waals surface area contributed by atoms with Gasteiger partial charge < -0.3 is 9.64 Å². The number of hydrogen-bond donors (Lipinski definition) is 0. The molecular weight excluding hydrogens is 208 g/mol. The Hall–Kier alpha value is -1.85. The Morgan fingerprint density at radius 2 is 2.06 bits per heavy atom. The average Bonchev–Trinajstić information content (AvgIpc) is 2.38. The molecule has 0 saturated carbocycles. The van der Waals surface area contributed by atoms with Gasteiger partial charge in [-0.3, -0.25) is 0 Å². The molecule has 84 valence electrons. The molecule has 1 aliphatic rings. The van der Waals surface area contributed by atoms with E-state index in [1.165, 1.54) is 0 Å². The lowest BCUT2D eigenvalue weighted by Gasteiger charge is -2.26. The van der Waals surface area contributed by atoms with Crippen molar-refractivity contribution in [3.8, 4) is 0 Å². The summed E-state index contributed by atoms with van der Waals surface area (Å²) in [4.78, 5) is 13.2. The van der Waals surface area contributed by atoms with Crippen LogP contribution in [-0.4, -0.2) is 36.3 Å². The van der Waals surface area contributed by atoms with Crippen molar-refractivity contribution >= 4 is 5.95 Å². The molecular formula is C9H12N6O. The van der Waals surface area contributed by atoms with E-state index in [4.69, 9.17) is 10.3 Å². The predicted molar refractivity (Wildman–Crippen MR) is 57.9 cm³/mol. The molecule has 2 rings (SSSR count). The van der Waals surface area contributed by atoms with Crippen LogP contribution in [0.15, 0.2) is 17.5 Å². The Morgan fingerprint density at radius 3 is 2.69 bits per heavy atom. The van der Waals surface area contributed by atoms with Crippen LogP contribution in [0, 0.1) is 0 Å². The van der Waals surface area contributed by atoms with E-state index in [9.17, 15) is 0 Å². The van der Waals surface area contributed by atoms with Gasteiger partial charge in [-0.05, 0) is 11.1 Å². The number of azide groups is 1. The van der Waals surface area contributed by atoms with Gasteiger partial charge in [-0.25, -0.2) is 9.97 Å². The normalized spacial score (nSPS) is 15.6. The molecule has 1 aliphatic heterocycles. The first-order valence-electron chi connectivity index (χ1n) is 5.04. The van der Waals surface area contributed by atoms with Crippen LogP contribution in [0.25, 0.3) is 10.4 Å². The minimum absolute atomic E-state index is 0.292. The Kier molecular flexibility index (Phi) is 3.53. The minimum atomic E-state index is 0.292. The van der Waals surface area contributed by atoms with E-state index in [-0.39, 0.29) is 0 Å². The van der Waals surface area contributed by atoms with E-state index in [0.29, 0.717) is 25.7 Å². The predicted octanol–water partition coefficient (Wildman–Crippen LogP) is 1.12. The summed E-state index contributed by atoms with van der Waals surface area (Å²) in [5.41, 5.74) is 9.00. The van der Waals surface area contributed by atoms with E-state index >= 15 is 0 Å². The van der Waals surface area contributed by atoms with Crippen LogP contribution in [0.4, 0.5) is 5.95 Å². The van der Waals surface area contributed by atoms with Gasteiger partial charge in [0.05, 0.1) is 19.8 Å². The lowest BCUT2D eigenvalue weighted by Crippen LogP contribution is -2.37. The fourth-order valence-electron chi connectivity index (χ4n) is 1.47. The van der Waals surface area contributed by atoms with Crippen molar-refractivity contribution in [1.29, 1.82) is 0 Å². The van der Waals surface area contributed by atoms with Gasteiger partial charge in [0.1, 0.15) is 0 Å². The number of ether oxygens (including phenoxy) is 1. The molecule has 0 radical (unpaired) electrons. The quantitative estimate of drug-likeness (QED) is 0.434. The molecule has 0 aliphatic carbocycles. The average molecular weight is 220 g/mol. The van der Waals surface area contributed by atoms with Crippen LogP contribution in [-0.2, 0) is 11.3 Å². The summed E-state index contributed by atoms with van der Waals surface area (Å²) < 4.78 is 5.25. The fraction of sp³-hybridized carbons (Fsp3) is 0.556. The van der Waals surface area contributed by atoms with Gasteiger partial charge in [0.15, 0.2) is 0 Å².